The van der Waals surface area contributed by atoms with Crippen LogP contribution in [0.5, 0.6) is 0 Å². The minimum Gasteiger partial charge on any atom is -0.326 e. The third-order valence-electron chi connectivity index (χ3n) is 2.52. The molecule has 23 heavy (non-hydrogen) atoms. The van der Waals surface area contributed by atoms with E-state index >= 15 is 0 Å². The van der Waals surface area contributed by atoms with E-state index in [-0.39, 0.29) is 18.6 Å². The summed E-state index contributed by atoms with van der Waals surface area (Å²) in [5, 5.41) is 12.9. The summed E-state index contributed by atoms with van der Waals surface area (Å²) in [5.74, 6) is -0.234. The van der Waals surface area contributed by atoms with Gasteiger partial charge in [0.15, 0.2) is 6.19 Å². The summed E-state index contributed by atoms with van der Waals surface area (Å²) in [5.41, 5.74) is -3.40. The van der Waals surface area contributed by atoms with Crippen LogP contribution in [0.4, 0.5) is 32.0 Å². The molecule has 0 fully saturated rings. The fourth-order valence-corrected chi connectivity index (χ4v) is 1.55. The van der Waals surface area contributed by atoms with Crippen molar-refractivity contribution in [1.82, 2.24) is 5.32 Å². The van der Waals surface area contributed by atoms with Crippen LogP contribution in [-0.4, -0.2) is 12.5 Å². The van der Waals surface area contributed by atoms with Crippen LogP contribution in [0.3, 0.4) is 0 Å². The molecule has 2 N–H and O–H groups in total. The second-order valence-electron chi connectivity index (χ2n) is 4.39. The van der Waals surface area contributed by atoms with Crippen LogP contribution in [0.1, 0.15) is 24.5 Å². The Labute approximate surface area is 127 Å². The summed E-state index contributed by atoms with van der Waals surface area (Å²) in [6.45, 7) is 2.00. The lowest BCUT2D eigenvalue weighted by molar-refractivity contribution is -0.143. The second-order valence-corrected chi connectivity index (χ2v) is 4.39. The molecule has 4 nitrogen and oxygen atoms in total. The Kier molecular flexibility index (Phi) is 5.84. The van der Waals surface area contributed by atoms with Crippen molar-refractivity contribution < 1.29 is 26.3 Å². The first kappa shape index (κ1) is 18.6. The molecule has 10 heteroatoms. The van der Waals surface area contributed by atoms with Gasteiger partial charge in [0.25, 0.3) is 0 Å². The summed E-state index contributed by atoms with van der Waals surface area (Å²) < 4.78 is 76.4. The molecule has 0 amide bonds. The van der Waals surface area contributed by atoms with E-state index in [2.05, 4.69) is 15.6 Å². The number of hydrogen-bond donors (Lipinski definition) is 2. The summed E-state index contributed by atoms with van der Waals surface area (Å²) in [6, 6.07) is 1.04. The number of guanidine groups is 1. The normalized spacial score (nSPS) is 12.7. The summed E-state index contributed by atoms with van der Waals surface area (Å²) >= 11 is 0. The number of nitrogens with one attached hydrogen (secondary N) is 2. The van der Waals surface area contributed by atoms with Crippen LogP contribution >= 0.6 is 0 Å². The molecule has 0 saturated heterocycles. The summed E-state index contributed by atoms with van der Waals surface area (Å²) in [7, 11) is 0. The van der Waals surface area contributed by atoms with E-state index in [1.165, 1.54) is 6.19 Å². The lowest BCUT2D eigenvalue weighted by atomic mass is 10.1. The first-order chi connectivity index (χ1) is 10.6. The summed E-state index contributed by atoms with van der Waals surface area (Å²) in [4.78, 5) is 3.82. The smallest absolute Gasteiger partial charge is 0.326 e. The number of hydrogen-bond acceptors (Lipinski definition) is 2. The Bertz CT molecular complexity index is 580. The molecule has 1 rings (SSSR count). The van der Waals surface area contributed by atoms with Gasteiger partial charge in [-0.2, -0.15) is 31.6 Å². The standard InChI is InChI=1S/C13H12F6N4/c1-2-3-21-11(22-7-20)23-10-5-8(12(14,15)16)4-9(6-10)13(17,18)19/h4-6H,2-3H2,1H3,(H2,21,22,23). The maximum Gasteiger partial charge on any atom is 0.416 e. The molecule has 0 aliphatic rings. The van der Waals surface area contributed by atoms with Crippen molar-refractivity contribution in [2.24, 2.45) is 4.99 Å². The quantitative estimate of drug-likeness (QED) is 0.288. The molecule has 1 aromatic rings. The lowest BCUT2D eigenvalue weighted by Gasteiger charge is -2.15. The molecule has 0 heterocycles. The van der Waals surface area contributed by atoms with E-state index in [9.17, 15) is 26.3 Å². The zero-order valence-electron chi connectivity index (χ0n) is 11.8. The van der Waals surface area contributed by atoms with Gasteiger partial charge >= 0.3 is 12.4 Å². The van der Waals surface area contributed by atoms with E-state index < -0.39 is 29.2 Å². The number of rotatable bonds is 3. The molecule has 1 aromatic carbocycles. The second kappa shape index (κ2) is 7.21. The number of nitrogens with zero attached hydrogens (tertiary/aromatic N) is 2. The molecule has 0 aliphatic heterocycles. The first-order valence-corrected chi connectivity index (χ1v) is 6.34. The number of aliphatic imine (C=N–C) groups is 1. The Morgan fingerprint density at radius 2 is 1.61 bits per heavy atom. The van der Waals surface area contributed by atoms with E-state index in [0.29, 0.717) is 18.6 Å². The Morgan fingerprint density at radius 3 is 2.00 bits per heavy atom. The van der Waals surface area contributed by atoms with Crippen LogP contribution in [0.15, 0.2) is 23.2 Å². The van der Waals surface area contributed by atoms with Gasteiger partial charge in [-0.15, -0.1) is 0 Å². The molecular weight excluding hydrogens is 326 g/mol. The number of anilines is 1. The van der Waals surface area contributed by atoms with Crippen molar-refractivity contribution in [3.8, 4) is 6.19 Å². The molecule has 126 valence electrons. The maximum absolute atomic E-state index is 12.7. The van der Waals surface area contributed by atoms with Crippen LogP contribution in [-0.2, 0) is 12.4 Å². The van der Waals surface area contributed by atoms with E-state index in [1.54, 1.807) is 6.92 Å². The van der Waals surface area contributed by atoms with E-state index in [0.717, 1.165) is 0 Å². The monoisotopic (exact) mass is 338 g/mol. The van der Waals surface area contributed by atoms with Gasteiger partial charge in [0.1, 0.15) is 0 Å². The number of nitriles is 1. The third kappa shape index (κ3) is 5.69. The highest BCUT2D eigenvalue weighted by Crippen LogP contribution is 2.37. The van der Waals surface area contributed by atoms with E-state index in [4.69, 9.17) is 5.26 Å². The topological polar surface area (TPSA) is 60.2 Å². The minimum atomic E-state index is -4.94. The SMILES string of the molecule is CCC/N=C(\NC#N)Nc1cc(C(F)(F)F)cc(C(F)(F)F)c1. The average molecular weight is 338 g/mol. The highest BCUT2D eigenvalue weighted by molar-refractivity contribution is 5.94. The third-order valence-corrected chi connectivity index (χ3v) is 2.52. The average Bonchev–Trinajstić information content (AvgIpc) is 2.43. The molecule has 0 aliphatic carbocycles. The van der Waals surface area contributed by atoms with Crippen LogP contribution < -0.4 is 10.6 Å². The maximum atomic E-state index is 12.7. The zero-order valence-corrected chi connectivity index (χ0v) is 11.8. The highest BCUT2D eigenvalue weighted by atomic mass is 19.4. The molecule has 0 atom stereocenters. The van der Waals surface area contributed by atoms with Crippen molar-refractivity contribution in [2.75, 3.05) is 11.9 Å². The molecule has 0 unspecified atom stereocenters. The van der Waals surface area contributed by atoms with Gasteiger partial charge in [0.05, 0.1) is 11.1 Å². The number of alkyl halides is 6. The fourth-order valence-electron chi connectivity index (χ4n) is 1.55. The van der Waals surface area contributed by atoms with Crippen molar-refractivity contribution >= 4 is 11.6 Å². The van der Waals surface area contributed by atoms with Gasteiger partial charge < -0.3 is 5.32 Å². The van der Waals surface area contributed by atoms with Crippen LogP contribution in [0, 0.1) is 11.5 Å². The van der Waals surface area contributed by atoms with Crippen LogP contribution in [0.25, 0.3) is 0 Å². The fraction of sp³-hybridized carbons (Fsp3) is 0.385. The molecule has 0 bridgehead atoms. The molecule has 0 spiro atoms. The van der Waals surface area contributed by atoms with Gasteiger partial charge in [0.2, 0.25) is 5.96 Å². The van der Waals surface area contributed by atoms with Crippen molar-refractivity contribution in [3.63, 3.8) is 0 Å². The van der Waals surface area contributed by atoms with Gasteiger partial charge in [0, 0.05) is 12.2 Å². The minimum absolute atomic E-state index is 0.0196. The summed E-state index contributed by atoms with van der Waals surface area (Å²) in [6.07, 6.45) is -7.81. The van der Waals surface area contributed by atoms with Gasteiger partial charge in [-0.05, 0) is 24.6 Å². The Hall–Kier alpha value is -2.44. The molecule has 0 aromatic heterocycles. The molecule has 0 radical (unpaired) electrons. The zero-order chi connectivity index (χ0) is 17.7. The predicted molar refractivity (Wildman–Crippen MR) is 71.4 cm³/mol. The van der Waals surface area contributed by atoms with Crippen molar-refractivity contribution in [1.29, 1.82) is 5.26 Å². The Balaban J connectivity index is 3.27. The van der Waals surface area contributed by atoms with Gasteiger partial charge in [-0.1, -0.05) is 6.92 Å². The first-order valence-electron chi connectivity index (χ1n) is 6.34. The molecule has 0 saturated carbocycles. The highest BCUT2D eigenvalue weighted by Gasteiger charge is 2.37. The van der Waals surface area contributed by atoms with E-state index in [1.807, 2.05) is 0 Å². The predicted octanol–water partition coefficient (Wildman–Crippen LogP) is 3.97. The number of halogens is 6. The number of benzene rings is 1. The molecular formula is C13H12F6N4. The van der Waals surface area contributed by atoms with Crippen molar-refractivity contribution in [3.05, 3.63) is 29.3 Å². The van der Waals surface area contributed by atoms with Crippen molar-refractivity contribution in [2.45, 2.75) is 25.7 Å². The lowest BCUT2D eigenvalue weighted by Crippen LogP contribution is -2.27. The Morgan fingerprint density at radius 1 is 1.09 bits per heavy atom. The van der Waals surface area contributed by atoms with Crippen LogP contribution in [0.2, 0.25) is 0 Å². The van der Waals surface area contributed by atoms with Gasteiger partial charge in [-0.3, -0.25) is 10.3 Å². The van der Waals surface area contributed by atoms with Gasteiger partial charge in [-0.25, -0.2) is 0 Å². The largest absolute Gasteiger partial charge is 0.416 e.